The number of allylic oxidation sites excluding steroid dienone is 1. The summed E-state index contributed by atoms with van der Waals surface area (Å²) in [5.74, 6) is 0. The molecule has 0 radical (unpaired) electrons. The van der Waals surface area contributed by atoms with Crippen LogP contribution in [0.1, 0.15) is 5.56 Å². The van der Waals surface area contributed by atoms with Crippen molar-refractivity contribution in [1.82, 2.24) is 0 Å². The predicted octanol–water partition coefficient (Wildman–Crippen LogP) is 6.37. The van der Waals surface area contributed by atoms with Gasteiger partial charge < -0.3 is 4.44 Å². The highest BCUT2D eigenvalue weighted by molar-refractivity contribution is 7.67. The Labute approximate surface area is 168 Å². The molecule has 0 N–H and O–H groups in total. The number of nitrogens with zero attached hydrogens (tertiary/aromatic N) is 1. The second-order valence-corrected chi connectivity index (χ2v) is 9.45. The average Bonchev–Trinajstić information content (AvgIpc) is 2.63. The van der Waals surface area contributed by atoms with Gasteiger partial charge in [0.1, 0.15) is 0 Å². The van der Waals surface area contributed by atoms with E-state index in [0.29, 0.717) is 27.5 Å². The molecule has 3 rings (SSSR count). The van der Waals surface area contributed by atoms with Gasteiger partial charge in [-0.25, -0.2) is 0 Å². The van der Waals surface area contributed by atoms with E-state index < -0.39 is 0 Å². The highest BCUT2D eigenvalue weighted by atomic mass is 35.5. The highest BCUT2D eigenvalue weighted by Gasteiger charge is 2.17. The van der Waals surface area contributed by atoms with E-state index in [1.807, 2.05) is 30.3 Å². The van der Waals surface area contributed by atoms with E-state index in [1.165, 1.54) is 10.6 Å². The van der Waals surface area contributed by atoms with E-state index in [1.54, 1.807) is 0 Å². The van der Waals surface area contributed by atoms with Crippen molar-refractivity contribution < 1.29 is 0 Å². The van der Waals surface area contributed by atoms with Crippen molar-refractivity contribution in [2.24, 2.45) is 0 Å². The zero-order valence-corrected chi connectivity index (χ0v) is 17.6. The van der Waals surface area contributed by atoms with E-state index in [2.05, 4.69) is 59.6 Å². The molecule has 5 heteroatoms. The summed E-state index contributed by atoms with van der Waals surface area (Å²) in [6, 6.07) is 24.8. The van der Waals surface area contributed by atoms with Gasteiger partial charge in [0.2, 0.25) is 0 Å². The van der Waals surface area contributed by atoms with Crippen LogP contribution in [0.5, 0.6) is 0 Å². The van der Waals surface area contributed by atoms with Gasteiger partial charge in [-0.05, 0) is 34.7 Å². The zero-order chi connectivity index (χ0) is 18.4. The van der Waals surface area contributed by atoms with E-state index in [4.69, 9.17) is 23.2 Å². The second-order valence-electron chi connectivity index (χ2n) is 5.69. The molecule has 2 atom stereocenters. The highest BCUT2D eigenvalue weighted by Crippen LogP contribution is 2.46. The Morgan fingerprint density at radius 3 is 1.69 bits per heavy atom. The van der Waals surface area contributed by atoms with Crippen LogP contribution in [0.3, 0.4) is 0 Å². The first-order chi connectivity index (χ1) is 12.7. The van der Waals surface area contributed by atoms with Crippen LogP contribution in [0.2, 0.25) is 10.0 Å². The third-order valence-electron chi connectivity index (χ3n) is 3.71. The quantitative estimate of drug-likeness (QED) is 0.319. The van der Waals surface area contributed by atoms with Gasteiger partial charge in [-0.15, -0.1) is 6.58 Å². The molecule has 0 spiro atoms. The Hall–Kier alpha value is -1.36. The summed E-state index contributed by atoms with van der Waals surface area (Å²) < 4.78 is 2.28. The molecule has 0 aromatic heterocycles. The summed E-state index contributed by atoms with van der Waals surface area (Å²) >= 11 is 13.3. The van der Waals surface area contributed by atoms with Gasteiger partial charge in [0, 0.05) is 17.5 Å². The molecule has 26 heavy (non-hydrogen) atoms. The van der Waals surface area contributed by atoms with Gasteiger partial charge in [-0.2, -0.15) is 0 Å². The van der Waals surface area contributed by atoms with Gasteiger partial charge in [-0.1, -0.05) is 89.9 Å². The van der Waals surface area contributed by atoms with Crippen LogP contribution in [0.25, 0.3) is 0 Å². The molecular formula is C21H19Cl2NP2. The van der Waals surface area contributed by atoms with Gasteiger partial charge >= 0.3 is 0 Å². The van der Waals surface area contributed by atoms with E-state index >= 15 is 0 Å². The van der Waals surface area contributed by atoms with Crippen LogP contribution in [-0.2, 0) is 6.42 Å². The van der Waals surface area contributed by atoms with Crippen LogP contribution in [0, 0.1) is 0 Å². The number of anilines is 1. The fraction of sp³-hybridized carbons (Fsp3) is 0.0476. The normalized spacial score (nSPS) is 11.5. The molecule has 0 saturated heterocycles. The number of hydrogen-bond acceptors (Lipinski definition) is 1. The molecule has 0 bridgehead atoms. The molecule has 132 valence electrons. The van der Waals surface area contributed by atoms with Gasteiger partial charge in [0.25, 0.3) is 0 Å². The Kier molecular flexibility index (Phi) is 7.12. The molecule has 1 nitrogen and oxygen atoms in total. The topological polar surface area (TPSA) is 3.24 Å². The molecular weight excluding hydrogens is 399 g/mol. The lowest BCUT2D eigenvalue weighted by molar-refractivity contribution is 1.28. The lowest BCUT2D eigenvalue weighted by atomic mass is 10.1. The van der Waals surface area contributed by atoms with Crippen LogP contribution < -0.4 is 15.1 Å². The van der Waals surface area contributed by atoms with Crippen LogP contribution in [-0.4, -0.2) is 0 Å². The molecule has 0 fully saturated rings. The van der Waals surface area contributed by atoms with E-state index in [0.717, 1.165) is 17.7 Å². The molecule has 0 heterocycles. The van der Waals surface area contributed by atoms with Crippen molar-refractivity contribution in [3.05, 3.63) is 101 Å². The Balaban J connectivity index is 1.98. The van der Waals surface area contributed by atoms with Gasteiger partial charge in [0.05, 0.1) is 15.7 Å². The summed E-state index contributed by atoms with van der Waals surface area (Å²) in [5.41, 5.74) is 1.97. The summed E-state index contributed by atoms with van der Waals surface area (Å²) in [4.78, 5) is 0. The summed E-state index contributed by atoms with van der Waals surface area (Å²) in [7, 11) is 0.891. The SMILES string of the molecule is C=CCc1cc(Cl)c(N(Pc2ccccc2)Pc2ccccc2)c(Cl)c1. The lowest BCUT2D eigenvalue weighted by Crippen LogP contribution is -2.12. The summed E-state index contributed by atoms with van der Waals surface area (Å²) in [5, 5.41) is 3.86. The Morgan fingerprint density at radius 2 is 1.27 bits per heavy atom. The van der Waals surface area contributed by atoms with Crippen molar-refractivity contribution in [1.29, 1.82) is 0 Å². The van der Waals surface area contributed by atoms with Crippen molar-refractivity contribution in [3.63, 3.8) is 0 Å². The molecule has 3 aromatic carbocycles. The molecule has 0 amide bonds. The molecule has 0 aliphatic heterocycles. The summed E-state index contributed by atoms with van der Waals surface area (Å²) in [6.07, 6.45) is 2.61. The number of rotatable bonds is 7. The van der Waals surface area contributed by atoms with Crippen molar-refractivity contribution >= 4 is 57.0 Å². The van der Waals surface area contributed by atoms with E-state index in [-0.39, 0.29) is 0 Å². The second kappa shape index (κ2) is 9.54. The number of benzene rings is 3. The lowest BCUT2D eigenvalue weighted by Gasteiger charge is -2.27. The van der Waals surface area contributed by atoms with Gasteiger partial charge in [-0.3, -0.25) is 0 Å². The number of hydrogen-bond donors (Lipinski definition) is 0. The average molecular weight is 418 g/mol. The molecule has 2 unspecified atom stereocenters. The standard InChI is InChI=1S/C21H19Cl2NP2/c1-2-9-16-14-19(22)21(20(23)15-16)24(25-17-10-5-3-6-11-17)26-18-12-7-4-8-13-18/h2-8,10-15,25-26H,1,9H2. The van der Waals surface area contributed by atoms with Crippen molar-refractivity contribution in [3.8, 4) is 0 Å². The molecule has 0 saturated carbocycles. The van der Waals surface area contributed by atoms with Crippen LogP contribution in [0.15, 0.2) is 85.5 Å². The maximum atomic E-state index is 6.65. The minimum Gasteiger partial charge on any atom is -0.324 e. The first-order valence-corrected chi connectivity index (χ1v) is 10.8. The minimum absolute atomic E-state index is 0.446. The fourth-order valence-electron chi connectivity index (χ4n) is 2.54. The Morgan fingerprint density at radius 1 is 0.808 bits per heavy atom. The van der Waals surface area contributed by atoms with Crippen LogP contribution in [0.4, 0.5) is 5.69 Å². The van der Waals surface area contributed by atoms with Crippen LogP contribution >= 0.6 is 40.7 Å². The maximum absolute atomic E-state index is 6.65. The van der Waals surface area contributed by atoms with Gasteiger partial charge in [0.15, 0.2) is 0 Å². The fourth-order valence-corrected chi connectivity index (χ4v) is 6.43. The van der Waals surface area contributed by atoms with Crippen molar-refractivity contribution in [2.45, 2.75) is 6.42 Å². The van der Waals surface area contributed by atoms with Crippen molar-refractivity contribution in [2.75, 3.05) is 4.44 Å². The smallest absolute Gasteiger partial charge is 0.0812 e. The molecule has 3 aromatic rings. The number of halogens is 2. The molecule has 0 aliphatic rings. The monoisotopic (exact) mass is 417 g/mol. The first-order valence-electron chi connectivity index (χ1n) is 8.19. The summed E-state index contributed by atoms with van der Waals surface area (Å²) in [6.45, 7) is 3.79. The molecule has 0 aliphatic carbocycles. The third kappa shape index (κ3) is 5.09. The largest absolute Gasteiger partial charge is 0.324 e. The first kappa shape index (κ1) is 19.4. The zero-order valence-electron chi connectivity index (χ0n) is 14.1. The third-order valence-corrected chi connectivity index (χ3v) is 7.03. The van der Waals surface area contributed by atoms with E-state index in [9.17, 15) is 0 Å². The minimum atomic E-state index is 0.446. The Bertz CT molecular complexity index is 805. The predicted molar refractivity (Wildman–Crippen MR) is 122 cm³/mol. The maximum Gasteiger partial charge on any atom is 0.0812 e.